The van der Waals surface area contributed by atoms with Crippen LogP contribution in [-0.4, -0.2) is 23.4 Å². The lowest BCUT2D eigenvalue weighted by Crippen LogP contribution is -2.08. The second-order valence-electron chi connectivity index (χ2n) is 4.50. The van der Waals surface area contributed by atoms with Gasteiger partial charge in [-0.25, -0.2) is 4.79 Å². The molecule has 4 heteroatoms. The van der Waals surface area contributed by atoms with Gasteiger partial charge in [-0.05, 0) is 24.3 Å². The first-order valence-electron chi connectivity index (χ1n) is 6.05. The van der Waals surface area contributed by atoms with Crippen LogP contribution >= 0.6 is 0 Å². The van der Waals surface area contributed by atoms with E-state index in [1.165, 1.54) is 0 Å². The zero-order valence-corrected chi connectivity index (χ0v) is 10.8. The average molecular weight is 249 g/mol. The van der Waals surface area contributed by atoms with Gasteiger partial charge >= 0.3 is 5.97 Å². The molecule has 1 rings (SSSR count). The van der Waals surface area contributed by atoms with Gasteiger partial charge in [0.15, 0.2) is 0 Å². The number of nitrogens with zero attached hydrogens (tertiary/aromatic N) is 1. The van der Waals surface area contributed by atoms with Gasteiger partial charge in [-0.2, -0.15) is 0 Å². The number of carboxylic acid groups (broad SMARTS) is 1. The van der Waals surface area contributed by atoms with Crippen molar-refractivity contribution < 1.29 is 14.7 Å². The summed E-state index contributed by atoms with van der Waals surface area (Å²) in [6.45, 7) is 3.87. The molecular formula is C14H19NO3. The second kappa shape index (κ2) is 7.48. The number of hydrogen-bond donors (Lipinski definition) is 1. The maximum Gasteiger partial charge on any atom is 0.344 e. The first-order valence-corrected chi connectivity index (χ1v) is 6.05. The van der Waals surface area contributed by atoms with Gasteiger partial charge in [-0.15, -0.1) is 0 Å². The van der Waals surface area contributed by atoms with Crippen LogP contribution in [0.2, 0.25) is 0 Å². The molecule has 0 aliphatic rings. The van der Waals surface area contributed by atoms with Crippen LogP contribution in [0.1, 0.15) is 32.3 Å². The van der Waals surface area contributed by atoms with Crippen molar-refractivity contribution in [1.82, 2.24) is 0 Å². The zero-order chi connectivity index (χ0) is 13.4. The molecule has 0 amide bonds. The molecule has 0 aliphatic carbocycles. The number of aliphatic carboxylic acids is 1. The first kappa shape index (κ1) is 14.2. The summed E-state index contributed by atoms with van der Waals surface area (Å²) in [5.74, 6) is -0.451. The molecule has 0 fully saturated rings. The number of carbonyl (C=O) groups is 1. The van der Waals surface area contributed by atoms with E-state index < -0.39 is 12.6 Å². The number of rotatable bonds is 7. The fourth-order valence-corrected chi connectivity index (χ4v) is 1.46. The van der Waals surface area contributed by atoms with E-state index in [2.05, 4.69) is 19.0 Å². The fourth-order valence-electron chi connectivity index (χ4n) is 1.46. The van der Waals surface area contributed by atoms with Gasteiger partial charge in [0.1, 0.15) is 0 Å². The van der Waals surface area contributed by atoms with Crippen molar-refractivity contribution in [3.63, 3.8) is 0 Å². The van der Waals surface area contributed by atoms with Gasteiger partial charge in [0.05, 0.1) is 5.71 Å². The highest BCUT2D eigenvalue weighted by molar-refractivity contribution is 6.00. The predicted molar refractivity (Wildman–Crippen MR) is 70.6 cm³/mol. The topological polar surface area (TPSA) is 58.9 Å². The van der Waals surface area contributed by atoms with Crippen LogP contribution < -0.4 is 0 Å². The highest BCUT2D eigenvalue weighted by Gasteiger charge is 2.06. The number of benzene rings is 1. The molecule has 1 aromatic rings. The average Bonchev–Trinajstić information content (AvgIpc) is 2.34. The maximum atomic E-state index is 10.4. The molecule has 0 aliphatic heterocycles. The Morgan fingerprint density at radius 1 is 1.33 bits per heavy atom. The lowest BCUT2D eigenvalue weighted by molar-refractivity contribution is -0.142. The molecule has 4 nitrogen and oxygen atoms in total. The molecule has 1 aromatic carbocycles. The summed E-state index contributed by atoms with van der Waals surface area (Å²) >= 11 is 0. The summed E-state index contributed by atoms with van der Waals surface area (Å²) in [6.07, 6.45) is 1.77. The summed E-state index contributed by atoms with van der Waals surface area (Å²) < 4.78 is 0. The molecule has 0 saturated carbocycles. The quantitative estimate of drug-likeness (QED) is 0.597. The minimum Gasteiger partial charge on any atom is -0.479 e. The van der Waals surface area contributed by atoms with Crippen molar-refractivity contribution in [3.8, 4) is 0 Å². The van der Waals surface area contributed by atoms with Gasteiger partial charge in [-0.1, -0.05) is 49.3 Å². The van der Waals surface area contributed by atoms with Gasteiger partial charge in [0.2, 0.25) is 6.61 Å². The molecule has 0 aromatic heterocycles. The zero-order valence-electron chi connectivity index (χ0n) is 10.8. The van der Waals surface area contributed by atoms with E-state index in [1.54, 1.807) is 0 Å². The van der Waals surface area contributed by atoms with Crippen molar-refractivity contribution in [1.29, 1.82) is 0 Å². The second-order valence-corrected chi connectivity index (χ2v) is 4.50. The fraction of sp³-hybridized carbons (Fsp3) is 0.429. The summed E-state index contributed by atoms with van der Waals surface area (Å²) in [4.78, 5) is 15.2. The summed E-state index contributed by atoms with van der Waals surface area (Å²) in [5.41, 5.74) is 1.77. The lowest BCUT2D eigenvalue weighted by Gasteiger charge is -2.08. The minimum absolute atomic E-state index is 0.405. The van der Waals surface area contributed by atoms with Crippen LogP contribution in [0.25, 0.3) is 0 Å². The Bertz CT molecular complexity index is 399. The predicted octanol–water partition coefficient (Wildman–Crippen LogP) is 2.93. The summed E-state index contributed by atoms with van der Waals surface area (Å²) in [6, 6.07) is 9.68. The van der Waals surface area contributed by atoms with Gasteiger partial charge in [0, 0.05) is 0 Å². The highest BCUT2D eigenvalue weighted by atomic mass is 16.6. The van der Waals surface area contributed by atoms with Crippen molar-refractivity contribution in [2.75, 3.05) is 6.61 Å². The largest absolute Gasteiger partial charge is 0.479 e. The van der Waals surface area contributed by atoms with Crippen molar-refractivity contribution in [2.45, 2.75) is 26.7 Å². The molecule has 0 saturated heterocycles. The van der Waals surface area contributed by atoms with Crippen LogP contribution in [0, 0.1) is 5.92 Å². The Kier molecular flexibility index (Phi) is 5.91. The summed E-state index contributed by atoms with van der Waals surface area (Å²) in [7, 11) is 0. The van der Waals surface area contributed by atoms with Gasteiger partial charge in [-0.3, -0.25) is 0 Å². The Balaban J connectivity index is 2.71. The molecule has 1 N–H and O–H groups in total. The Morgan fingerprint density at radius 3 is 2.56 bits per heavy atom. The minimum atomic E-state index is -1.02. The molecular weight excluding hydrogens is 230 g/mol. The number of hydrogen-bond acceptors (Lipinski definition) is 3. The van der Waals surface area contributed by atoms with Crippen molar-refractivity contribution >= 4 is 11.7 Å². The molecule has 98 valence electrons. The standard InChI is InChI=1S/C14H19NO3/c1-11(2)8-9-13(15-18-10-14(16)17)12-6-4-3-5-7-12/h3-7,11H,8-10H2,1-2H3,(H,16,17). The van der Waals surface area contributed by atoms with E-state index in [0.29, 0.717) is 5.92 Å². The Hall–Kier alpha value is -1.84. The van der Waals surface area contributed by atoms with Crippen LogP contribution in [-0.2, 0) is 9.63 Å². The van der Waals surface area contributed by atoms with Crippen LogP contribution in [0.4, 0.5) is 0 Å². The van der Waals surface area contributed by atoms with E-state index in [9.17, 15) is 4.79 Å². The van der Waals surface area contributed by atoms with Crippen LogP contribution in [0.15, 0.2) is 35.5 Å². The van der Waals surface area contributed by atoms with E-state index in [0.717, 1.165) is 24.1 Å². The Morgan fingerprint density at radius 2 is 2.00 bits per heavy atom. The van der Waals surface area contributed by atoms with Gasteiger partial charge in [0.25, 0.3) is 0 Å². The molecule has 0 bridgehead atoms. The van der Waals surface area contributed by atoms with E-state index in [1.807, 2.05) is 30.3 Å². The van der Waals surface area contributed by atoms with Crippen molar-refractivity contribution in [2.24, 2.45) is 11.1 Å². The third kappa shape index (κ3) is 5.48. The number of oxime groups is 1. The Labute approximate surface area is 107 Å². The maximum absolute atomic E-state index is 10.4. The molecule has 0 unspecified atom stereocenters. The third-order valence-corrected chi connectivity index (χ3v) is 2.43. The molecule has 0 radical (unpaired) electrons. The molecule has 18 heavy (non-hydrogen) atoms. The molecule has 0 spiro atoms. The number of carboxylic acids is 1. The van der Waals surface area contributed by atoms with Crippen LogP contribution in [0.5, 0.6) is 0 Å². The smallest absolute Gasteiger partial charge is 0.344 e. The first-order chi connectivity index (χ1) is 8.59. The summed E-state index contributed by atoms with van der Waals surface area (Å²) in [5, 5.41) is 12.5. The monoisotopic (exact) mass is 249 g/mol. The molecule has 0 heterocycles. The van der Waals surface area contributed by atoms with E-state index in [4.69, 9.17) is 9.94 Å². The SMILES string of the molecule is CC(C)CCC(=NOCC(=O)O)c1ccccc1. The molecule has 0 atom stereocenters. The lowest BCUT2D eigenvalue weighted by atomic mass is 10.0. The van der Waals surface area contributed by atoms with Crippen LogP contribution in [0.3, 0.4) is 0 Å². The third-order valence-electron chi connectivity index (χ3n) is 2.43. The highest BCUT2D eigenvalue weighted by Crippen LogP contribution is 2.11. The van der Waals surface area contributed by atoms with E-state index >= 15 is 0 Å². The van der Waals surface area contributed by atoms with Crippen molar-refractivity contribution in [3.05, 3.63) is 35.9 Å². The van der Waals surface area contributed by atoms with Gasteiger partial charge < -0.3 is 9.94 Å². The van der Waals surface area contributed by atoms with E-state index in [-0.39, 0.29) is 0 Å². The normalized spacial score (nSPS) is 11.6.